The fourth-order valence-electron chi connectivity index (χ4n) is 3.64. The molecule has 0 spiro atoms. The first-order valence-electron chi connectivity index (χ1n) is 7.62. The van der Waals surface area contributed by atoms with Crippen LogP contribution in [0.3, 0.4) is 0 Å². The van der Waals surface area contributed by atoms with Gasteiger partial charge in [0.05, 0.1) is 6.61 Å². The smallest absolute Gasteiger partial charge is 0.0546 e. The largest absolute Gasteiger partial charge is 0.381 e. The fraction of sp³-hybridized carbons (Fsp3) is 1.00. The van der Waals surface area contributed by atoms with Crippen LogP contribution < -0.4 is 5.32 Å². The summed E-state index contributed by atoms with van der Waals surface area (Å²) >= 11 is 0. The molecule has 2 aliphatic heterocycles. The highest BCUT2D eigenvalue weighted by molar-refractivity contribution is 4.90. The maximum Gasteiger partial charge on any atom is 0.0546 e. The molecule has 2 aliphatic rings. The monoisotopic (exact) mass is 254 g/mol. The molecule has 1 N–H and O–H groups in total. The van der Waals surface area contributed by atoms with E-state index in [1.165, 1.54) is 38.8 Å². The Morgan fingerprint density at radius 2 is 2.17 bits per heavy atom. The second-order valence-electron chi connectivity index (χ2n) is 6.65. The van der Waals surface area contributed by atoms with Gasteiger partial charge in [-0.25, -0.2) is 0 Å². The zero-order valence-corrected chi connectivity index (χ0v) is 12.4. The first-order valence-corrected chi connectivity index (χ1v) is 7.62. The van der Waals surface area contributed by atoms with Crippen molar-refractivity contribution in [2.75, 3.05) is 39.9 Å². The van der Waals surface area contributed by atoms with Crippen LogP contribution in [0, 0.1) is 11.3 Å². The van der Waals surface area contributed by atoms with Gasteiger partial charge in [-0.05, 0) is 45.6 Å². The minimum absolute atomic E-state index is 0.346. The molecule has 3 nitrogen and oxygen atoms in total. The first kappa shape index (κ1) is 14.3. The van der Waals surface area contributed by atoms with Crippen molar-refractivity contribution in [2.45, 2.75) is 45.6 Å². The zero-order chi connectivity index (χ0) is 13.0. The molecule has 2 heterocycles. The van der Waals surface area contributed by atoms with E-state index in [1.54, 1.807) is 0 Å². The molecule has 0 saturated carbocycles. The number of nitrogens with one attached hydrogen (secondary N) is 1. The van der Waals surface area contributed by atoms with Gasteiger partial charge >= 0.3 is 0 Å². The molecule has 0 aliphatic carbocycles. The summed E-state index contributed by atoms with van der Waals surface area (Å²) in [6, 6.07) is 0.747. The van der Waals surface area contributed by atoms with Gasteiger partial charge in [-0.1, -0.05) is 6.92 Å². The van der Waals surface area contributed by atoms with Crippen LogP contribution >= 0.6 is 0 Å². The number of hydrogen-bond acceptors (Lipinski definition) is 3. The van der Waals surface area contributed by atoms with Gasteiger partial charge in [-0.2, -0.15) is 0 Å². The van der Waals surface area contributed by atoms with E-state index in [0.29, 0.717) is 5.41 Å². The molecule has 0 aromatic heterocycles. The Bertz CT molecular complexity index is 245. The molecule has 18 heavy (non-hydrogen) atoms. The Morgan fingerprint density at radius 3 is 2.83 bits per heavy atom. The van der Waals surface area contributed by atoms with Crippen LogP contribution in [0.4, 0.5) is 0 Å². The quantitative estimate of drug-likeness (QED) is 0.832. The Morgan fingerprint density at radius 1 is 1.33 bits per heavy atom. The minimum Gasteiger partial charge on any atom is -0.381 e. The molecule has 3 heteroatoms. The van der Waals surface area contributed by atoms with E-state index in [0.717, 1.165) is 31.7 Å². The lowest BCUT2D eigenvalue weighted by Crippen LogP contribution is -2.52. The number of hydrogen-bond donors (Lipinski definition) is 1. The average molecular weight is 254 g/mol. The van der Waals surface area contributed by atoms with Crippen molar-refractivity contribution in [1.82, 2.24) is 10.2 Å². The minimum atomic E-state index is 0.346. The number of ether oxygens (including phenoxy) is 1. The summed E-state index contributed by atoms with van der Waals surface area (Å²) in [5.74, 6) is 0.859. The highest BCUT2D eigenvalue weighted by atomic mass is 16.5. The molecule has 106 valence electrons. The molecular formula is C15H30N2O. The SMILES string of the molecule is CNCC1(CN2CC(C)CCC2C)CCCOC1. The molecule has 2 fully saturated rings. The molecule has 2 saturated heterocycles. The van der Waals surface area contributed by atoms with Crippen LogP contribution in [-0.4, -0.2) is 50.8 Å². The summed E-state index contributed by atoms with van der Waals surface area (Å²) in [4.78, 5) is 2.71. The lowest BCUT2D eigenvalue weighted by molar-refractivity contribution is -0.0391. The Labute approximate surface area is 112 Å². The van der Waals surface area contributed by atoms with E-state index in [4.69, 9.17) is 4.74 Å². The standard InChI is InChI=1S/C15H30N2O/c1-13-5-6-14(2)17(9-13)11-15(10-16-3)7-4-8-18-12-15/h13-14,16H,4-12H2,1-3H3. The van der Waals surface area contributed by atoms with Crippen molar-refractivity contribution in [3.05, 3.63) is 0 Å². The van der Waals surface area contributed by atoms with Gasteiger partial charge in [0, 0.05) is 37.7 Å². The van der Waals surface area contributed by atoms with Gasteiger partial charge < -0.3 is 10.1 Å². The number of nitrogens with zero attached hydrogens (tertiary/aromatic N) is 1. The van der Waals surface area contributed by atoms with Gasteiger partial charge in [-0.3, -0.25) is 4.90 Å². The van der Waals surface area contributed by atoms with Crippen LogP contribution in [0.25, 0.3) is 0 Å². The molecule has 0 aromatic carbocycles. The van der Waals surface area contributed by atoms with Crippen molar-refractivity contribution in [1.29, 1.82) is 0 Å². The van der Waals surface area contributed by atoms with Crippen molar-refractivity contribution in [3.8, 4) is 0 Å². The molecule has 0 amide bonds. The number of likely N-dealkylation sites (tertiary alicyclic amines) is 1. The normalized spacial score (nSPS) is 38.8. The van der Waals surface area contributed by atoms with E-state index in [9.17, 15) is 0 Å². The van der Waals surface area contributed by atoms with Gasteiger partial charge in [0.15, 0.2) is 0 Å². The van der Waals surface area contributed by atoms with Crippen LogP contribution in [-0.2, 0) is 4.74 Å². The van der Waals surface area contributed by atoms with E-state index >= 15 is 0 Å². The predicted octanol–water partition coefficient (Wildman–Crippen LogP) is 2.12. The van der Waals surface area contributed by atoms with E-state index < -0.39 is 0 Å². The lowest BCUT2D eigenvalue weighted by atomic mass is 9.80. The molecule has 3 unspecified atom stereocenters. The average Bonchev–Trinajstić information content (AvgIpc) is 2.35. The van der Waals surface area contributed by atoms with E-state index in [2.05, 4.69) is 31.1 Å². The molecule has 0 radical (unpaired) electrons. The molecule has 0 aromatic rings. The summed E-state index contributed by atoms with van der Waals surface area (Å²) in [5, 5.41) is 3.39. The third-order valence-corrected chi connectivity index (χ3v) is 4.74. The highest BCUT2D eigenvalue weighted by Crippen LogP contribution is 2.32. The first-order chi connectivity index (χ1) is 8.65. The molecular weight excluding hydrogens is 224 g/mol. The molecule has 0 bridgehead atoms. The summed E-state index contributed by atoms with van der Waals surface area (Å²) in [5.41, 5.74) is 0.346. The van der Waals surface area contributed by atoms with Crippen molar-refractivity contribution < 1.29 is 4.74 Å². The Balaban J connectivity index is 1.98. The molecule has 2 rings (SSSR count). The highest BCUT2D eigenvalue weighted by Gasteiger charge is 2.36. The van der Waals surface area contributed by atoms with Crippen LogP contribution in [0.1, 0.15) is 39.5 Å². The van der Waals surface area contributed by atoms with Crippen molar-refractivity contribution in [2.24, 2.45) is 11.3 Å². The summed E-state index contributed by atoms with van der Waals surface area (Å²) in [6.07, 6.45) is 5.29. The summed E-state index contributed by atoms with van der Waals surface area (Å²) in [7, 11) is 2.07. The second kappa shape index (κ2) is 6.36. The predicted molar refractivity (Wildman–Crippen MR) is 75.8 cm³/mol. The topological polar surface area (TPSA) is 24.5 Å². The van der Waals surface area contributed by atoms with E-state index in [-0.39, 0.29) is 0 Å². The maximum absolute atomic E-state index is 5.77. The second-order valence-corrected chi connectivity index (χ2v) is 6.65. The fourth-order valence-corrected chi connectivity index (χ4v) is 3.64. The zero-order valence-electron chi connectivity index (χ0n) is 12.4. The van der Waals surface area contributed by atoms with E-state index in [1.807, 2.05) is 0 Å². The van der Waals surface area contributed by atoms with Gasteiger partial charge in [0.2, 0.25) is 0 Å². The van der Waals surface area contributed by atoms with Crippen molar-refractivity contribution in [3.63, 3.8) is 0 Å². The van der Waals surface area contributed by atoms with Crippen LogP contribution in [0.2, 0.25) is 0 Å². The number of piperidine rings is 1. The van der Waals surface area contributed by atoms with Gasteiger partial charge in [0.1, 0.15) is 0 Å². The van der Waals surface area contributed by atoms with Gasteiger partial charge in [0.25, 0.3) is 0 Å². The lowest BCUT2D eigenvalue weighted by Gasteiger charge is -2.45. The number of rotatable bonds is 4. The third-order valence-electron chi connectivity index (χ3n) is 4.74. The summed E-state index contributed by atoms with van der Waals surface area (Å²) < 4.78 is 5.77. The Kier molecular flexibility index (Phi) is 5.05. The third kappa shape index (κ3) is 3.46. The van der Waals surface area contributed by atoms with Crippen molar-refractivity contribution >= 4 is 0 Å². The Hall–Kier alpha value is -0.120. The maximum atomic E-state index is 5.77. The van der Waals surface area contributed by atoms with Crippen LogP contribution in [0.5, 0.6) is 0 Å². The summed E-state index contributed by atoms with van der Waals surface area (Å²) in [6.45, 7) is 10.2. The molecule has 3 atom stereocenters. The van der Waals surface area contributed by atoms with Crippen LogP contribution in [0.15, 0.2) is 0 Å². The van der Waals surface area contributed by atoms with Gasteiger partial charge in [-0.15, -0.1) is 0 Å².